The normalized spacial score (nSPS) is 12.2. The Balaban J connectivity index is 2.02. The topological polar surface area (TPSA) is 184 Å². The van der Waals surface area contributed by atoms with E-state index in [4.69, 9.17) is 11.5 Å². The van der Waals surface area contributed by atoms with E-state index >= 15 is 0 Å². The minimum absolute atomic E-state index is 0.0281. The van der Waals surface area contributed by atoms with Gasteiger partial charge in [0.1, 0.15) is 22.9 Å². The summed E-state index contributed by atoms with van der Waals surface area (Å²) >= 11 is 1.67. The molecule has 0 spiro atoms. The smallest absolute Gasteiger partial charge is 0.327 e. The highest BCUT2D eigenvalue weighted by Crippen LogP contribution is 2.29. The third-order valence-corrected chi connectivity index (χ3v) is 8.32. The second-order valence-corrected chi connectivity index (χ2v) is 11.2. The number of guanidine groups is 1. The van der Waals surface area contributed by atoms with Crippen molar-refractivity contribution in [2.24, 2.45) is 16.5 Å². The van der Waals surface area contributed by atoms with Crippen LogP contribution >= 0.6 is 44.5 Å². The number of nitrogens with two attached hydrogens (primary N) is 2. The average Bonchev–Trinajstić information content (AvgIpc) is 2.87. The van der Waals surface area contributed by atoms with Crippen LogP contribution in [0.4, 0.5) is 0 Å². The van der Waals surface area contributed by atoms with Crippen molar-refractivity contribution in [3.8, 4) is 5.75 Å². The van der Waals surface area contributed by atoms with Gasteiger partial charge in [-0.3, -0.25) is 17.7 Å². The van der Waals surface area contributed by atoms with Crippen LogP contribution in [-0.4, -0.2) is 66.4 Å². The lowest BCUT2D eigenvalue weighted by molar-refractivity contribution is -0.145. The number of phenols is 1. The Morgan fingerprint density at radius 2 is 1.89 bits per heavy atom. The number of benzene rings is 1. The number of nitrogens with zero attached hydrogens (tertiary/aromatic N) is 3. The Morgan fingerprint density at radius 3 is 2.51 bits per heavy atom. The number of hydrogen-bond donors (Lipinski definition) is 5. The number of aromatic hydroxyl groups is 1. The van der Waals surface area contributed by atoms with Crippen molar-refractivity contribution in [3.05, 3.63) is 54.2 Å². The van der Waals surface area contributed by atoms with Gasteiger partial charge in [-0.2, -0.15) is 0 Å². The van der Waals surface area contributed by atoms with Gasteiger partial charge in [0, 0.05) is 31.3 Å². The summed E-state index contributed by atoms with van der Waals surface area (Å²) < 4.78 is 1.10. The maximum absolute atomic E-state index is 13.3. The minimum atomic E-state index is -1.19. The van der Waals surface area contributed by atoms with E-state index in [1.54, 1.807) is 41.2 Å². The molecule has 2 aromatic rings. The Bertz CT molecular complexity index is 1060. The molecule has 14 heteroatoms. The molecule has 0 aliphatic rings. The van der Waals surface area contributed by atoms with Crippen LogP contribution < -0.4 is 16.8 Å². The molecule has 0 aliphatic carbocycles. The maximum Gasteiger partial charge on any atom is 0.327 e. The minimum Gasteiger partial charge on any atom is -0.508 e. The lowest BCUT2D eigenvalue weighted by atomic mass is 10.0. The fourth-order valence-electron chi connectivity index (χ4n) is 3.08. The third kappa shape index (κ3) is 11.5. The van der Waals surface area contributed by atoms with Crippen LogP contribution in [0.1, 0.15) is 24.8 Å². The van der Waals surface area contributed by atoms with E-state index in [9.17, 15) is 24.6 Å². The quantitative estimate of drug-likeness (QED) is 0.0475. The van der Waals surface area contributed by atoms with Gasteiger partial charge in [0.2, 0.25) is 5.91 Å². The number of carboxylic acid groups (broad SMARTS) is 1. The van der Waals surface area contributed by atoms with Crippen molar-refractivity contribution in [3.63, 3.8) is 0 Å². The van der Waals surface area contributed by atoms with Gasteiger partial charge in [0.15, 0.2) is 5.96 Å². The first-order valence-corrected chi connectivity index (χ1v) is 14.5. The van der Waals surface area contributed by atoms with Crippen molar-refractivity contribution in [1.29, 1.82) is 0 Å². The van der Waals surface area contributed by atoms with Gasteiger partial charge >= 0.3 is 5.97 Å². The Kier molecular flexibility index (Phi) is 13.3. The summed E-state index contributed by atoms with van der Waals surface area (Å²) in [6.45, 7) is 0.260. The predicted octanol–water partition coefficient (Wildman–Crippen LogP) is 2.33. The van der Waals surface area contributed by atoms with Gasteiger partial charge in [-0.1, -0.05) is 29.0 Å². The van der Waals surface area contributed by atoms with E-state index in [0.29, 0.717) is 17.7 Å². The summed E-state index contributed by atoms with van der Waals surface area (Å²) in [5.74, 6) is -1.59. The summed E-state index contributed by atoms with van der Waals surface area (Å²) in [7, 11) is 2.92. The molecule has 1 heterocycles. The molecular weight excluding hydrogens is 631 g/mol. The number of pyridine rings is 1. The monoisotopic (exact) mass is 660 g/mol. The largest absolute Gasteiger partial charge is 0.508 e. The molecule has 7 N–H and O–H groups in total. The van der Waals surface area contributed by atoms with Gasteiger partial charge in [-0.15, -0.1) is 0 Å². The van der Waals surface area contributed by atoms with E-state index < -0.39 is 24.0 Å². The lowest BCUT2D eigenvalue weighted by Crippen LogP contribution is -2.50. The van der Waals surface area contributed by atoms with Gasteiger partial charge in [0.25, 0.3) is 5.91 Å². The van der Waals surface area contributed by atoms with Crippen LogP contribution in [0.5, 0.6) is 5.75 Å². The van der Waals surface area contributed by atoms with Crippen LogP contribution in [0, 0.1) is 0 Å². The summed E-state index contributed by atoms with van der Waals surface area (Å²) in [5, 5.41) is 22.8. The van der Waals surface area contributed by atoms with Gasteiger partial charge in [0.05, 0.1) is 22.9 Å². The molecule has 0 saturated carbocycles. The zero-order valence-electron chi connectivity index (χ0n) is 19.8. The summed E-state index contributed by atoms with van der Waals surface area (Å²) in [5.41, 5.74) is 11.3. The zero-order valence-corrected chi connectivity index (χ0v) is 23.6. The first-order valence-electron chi connectivity index (χ1n) is 11.2. The van der Waals surface area contributed by atoms with Gasteiger partial charge in [-0.05, 0) is 53.5 Å². The highest BCUT2D eigenvalue weighted by Gasteiger charge is 2.33. The number of aliphatic carboxylic acids is 1. The van der Waals surface area contributed by atoms with Crippen molar-refractivity contribution in [2.45, 2.75) is 42.8 Å². The standard InChI is InChI=1S/C23H29IN6O5S2/c24-30(18(22(34)35)14-15-6-8-16(31)9-7-15)21(33)17(4-3-12-28-23(25)26)29-19(32)10-13-36-37-20-5-1-2-11-27-20/h1-2,5-9,11,17-18,31H,3-4,10,12-14H2,(H,29,32)(H,34,35)(H4,25,26,28). The molecule has 0 aliphatic heterocycles. The highest BCUT2D eigenvalue weighted by molar-refractivity contribution is 14.1. The molecule has 0 bridgehead atoms. The predicted molar refractivity (Wildman–Crippen MR) is 153 cm³/mol. The molecule has 11 nitrogen and oxygen atoms in total. The van der Waals surface area contributed by atoms with Crippen LogP contribution in [0.25, 0.3) is 0 Å². The van der Waals surface area contributed by atoms with Crippen LogP contribution in [0.15, 0.2) is 58.7 Å². The number of rotatable bonds is 15. The number of amides is 2. The SMILES string of the molecule is NC(N)=NCCCC(NC(=O)CCSSc1ccccn1)C(=O)N(I)C(Cc1ccc(O)cc1)C(=O)O. The number of phenolic OH excluding ortho intramolecular Hbond substituents is 1. The lowest BCUT2D eigenvalue weighted by Gasteiger charge is -2.27. The van der Waals surface area contributed by atoms with E-state index in [0.717, 1.165) is 8.14 Å². The maximum atomic E-state index is 13.3. The van der Waals surface area contributed by atoms with Crippen LogP contribution in [-0.2, 0) is 20.8 Å². The van der Waals surface area contributed by atoms with Gasteiger partial charge in [-0.25, -0.2) is 9.78 Å². The fourth-order valence-corrected chi connectivity index (χ4v) is 5.72. The summed E-state index contributed by atoms with van der Waals surface area (Å²) in [6, 6.07) is 9.52. The molecule has 0 fully saturated rings. The zero-order chi connectivity index (χ0) is 27.2. The molecule has 2 rings (SSSR count). The Morgan fingerprint density at radius 1 is 1.16 bits per heavy atom. The summed E-state index contributed by atoms with van der Waals surface area (Å²) in [6.07, 6.45) is 2.51. The molecule has 2 unspecified atom stereocenters. The average molecular weight is 661 g/mol. The number of hydrogen-bond acceptors (Lipinski definition) is 8. The summed E-state index contributed by atoms with van der Waals surface area (Å²) in [4.78, 5) is 46.0. The second kappa shape index (κ2) is 16.2. The van der Waals surface area contributed by atoms with E-state index in [2.05, 4.69) is 15.3 Å². The Labute approximate surface area is 236 Å². The number of carbonyl (C=O) groups is 3. The van der Waals surface area contributed by atoms with E-state index in [-0.39, 0.29) is 43.4 Å². The number of carbonyl (C=O) groups excluding carboxylic acids is 2. The first-order chi connectivity index (χ1) is 17.7. The molecule has 0 saturated heterocycles. The van der Waals surface area contributed by atoms with Crippen LogP contribution in [0.3, 0.4) is 0 Å². The number of carboxylic acids is 1. The second-order valence-electron chi connectivity index (χ2n) is 7.77. The number of aromatic nitrogens is 1. The van der Waals surface area contributed by atoms with Crippen molar-refractivity contribution in [1.82, 2.24) is 13.4 Å². The molecule has 2 amide bonds. The van der Waals surface area contributed by atoms with Crippen LogP contribution in [0.2, 0.25) is 0 Å². The third-order valence-electron chi connectivity index (χ3n) is 4.91. The number of nitrogens with one attached hydrogen (secondary N) is 1. The van der Waals surface area contributed by atoms with Crippen molar-refractivity contribution >= 4 is 68.2 Å². The first kappa shape index (κ1) is 30.5. The van der Waals surface area contributed by atoms with Crippen molar-refractivity contribution in [2.75, 3.05) is 12.3 Å². The highest BCUT2D eigenvalue weighted by atomic mass is 127. The van der Waals surface area contributed by atoms with Gasteiger partial charge < -0.3 is 27.0 Å². The molecular formula is C23H29IN6O5S2. The molecule has 1 aromatic carbocycles. The molecule has 0 radical (unpaired) electrons. The molecule has 1 aromatic heterocycles. The van der Waals surface area contributed by atoms with E-state index in [1.807, 2.05) is 18.2 Å². The van der Waals surface area contributed by atoms with Crippen molar-refractivity contribution < 1.29 is 24.6 Å². The molecule has 200 valence electrons. The van der Waals surface area contributed by atoms with E-state index in [1.165, 1.54) is 33.7 Å². The fraction of sp³-hybridized carbons (Fsp3) is 0.348. The Hall–Kier alpha value is -2.72. The number of aliphatic imine (C=N–C) groups is 1. The molecule has 37 heavy (non-hydrogen) atoms. The number of halogens is 1. The molecule has 2 atom stereocenters.